The van der Waals surface area contributed by atoms with E-state index in [0.29, 0.717) is 24.1 Å². The number of hydrogen-bond donors (Lipinski definition) is 0. The van der Waals surface area contributed by atoms with Crippen LogP contribution in [0.3, 0.4) is 0 Å². The Kier molecular flexibility index (Phi) is 2.96. The van der Waals surface area contributed by atoms with Gasteiger partial charge in [-0.05, 0) is 37.0 Å². The number of halogens is 5. The average molecular weight is 302 g/mol. The molecule has 1 fully saturated rings. The third-order valence-corrected chi connectivity index (χ3v) is 4.42. The quantitative estimate of drug-likeness (QED) is 0.625. The Morgan fingerprint density at radius 1 is 1.05 bits per heavy atom. The molecule has 0 amide bonds. The van der Waals surface area contributed by atoms with E-state index >= 15 is 0 Å². The lowest BCUT2D eigenvalue weighted by molar-refractivity contribution is 0.0428. The molecule has 7 heteroatoms. The fraction of sp³-hybridized carbons (Fsp3) is 0.500. The van der Waals surface area contributed by atoms with Gasteiger partial charge in [-0.3, -0.25) is 0 Å². The van der Waals surface area contributed by atoms with Crippen LogP contribution in [0.4, 0.5) is 19.4 Å². The zero-order chi connectivity index (χ0) is 14.4. The minimum absolute atomic E-state index is 0.0975. The molecule has 1 heterocycles. The number of benzene rings is 1. The molecule has 1 aliphatic rings. The second-order valence-corrected chi connectivity index (χ2v) is 7.18. The topological polar surface area (TPSA) is 9.23 Å². The van der Waals surface area contributed by atoms with Crippen molar-refractivity contribution in [2.24, 2.45) is 0 Å². The lowest BCUT2D eigenvalue weighted by Gasteiger charge is -2.40. The zero-order valence-corrected chi connectivity index (χ0v) is 11.1. The zero-order valence-electron chi connectivity index (χ0n) is 10.3. The van der Waals surface area contributed by atoms with Gasteiger partial charge in [0.2, 0.25) is 0 Å². The van der Waals surface area contributed by atoms with E-state index in [0.717, 1.165) is 25.0 Å². The normalized spacial score (nSPS) is 27.9. The number of ether oxygens (including phenoxy) is 1. The van der Waals surface area contributed by atoms with Gasteiger partial charge in [0, 0.05) is 0 Å². The van der Waals surface area contributed by atoms with Crippen LogP contribution in [0.2, 0.25) is 0 Å². The lowest BCUT2D eigenvalue weighted by atomic mass is 10.1. The van der Waals surface area contributed by atoms with Crippen LogP contribution in [0.15, 0.2) is 29.2 Å². The molecule has 19 heavy (non-hydrogen) atoms. The minimum Gasteiger partial charge on any atom is -0.370 e. The second-order valence-electron chi connectivity index (χ2n) is 4.77. The number of hydrogen-bond acceptors (Lipinski definition) is 1. The molecule has 1 aliphatic heterocycles. The van der Waals surface area contributed by atoms with E-state index in [9.17, 15) is 19.4 Å². The predicted molar refractivity (Wildman–Crippen MR) is 65.0 cm³/mol. The van der Waals surface area contributed by atoms with Gasteiger partial charge in [0.05, 0.1) is 12.2 Å². The van der Waals surface area contributed by atoms with Crippen molar-refractivity contribution in [1.82, 2.24) is 0 Å². The molecule has 0 saturated carbocycles. The summed E-state index contributed by atoms with van der Waals surface area (Å²) in [5.74, 6) is 0. The summed E-state index contributed by atoms with van der Waals surface area (Å²) in [6, 6.07) is 3.05. The van der Waals surface area contributed by atoms with Gasteiger partial charge in [0.25, 0.3) is 0 Å². The van der Waals surface area contributed by atoms with Crippen molar-refractivity contribution in [3.63, 3.8) is 0 Å². The van der Waals surface area contributed by atoms with Crippen molar-refractivity contribution in [1.29, 1.82) is 0 Å². The summed E-state index contributed by atoms with van der Waals surface area (Å²) in [5, 5.41) is 0. The summed E-state index contributed by atoms with van der Waals surface area (Å²) in [4.78, 5) is -1.85. The summed E-state index contributed by atoms with van der Waals surface area (Å²) in [7, 11) is -9.56. The van der Waals surface area contributed by atoms with E-state index < -0.39 is 15.1 Å². The first kappa shape index (κ1) is 14.6. The van der Waals surface area contributed by atoms with Crippen LogP contribution in [-0.4, -0.2) is 6.10 Å². The van der Waals surface area contributed by atoms with Crippen LogP contribution in [-0.2, 0) is 4.74 Å². The van der Waals surface area contributed by atoms with Gasteiger partial charge in [0.1, 0.15) is 4.90 Å². The SMILES string of the molecule is CC[C@@H]1CC[C@H](c2ccc(S(F)(F)(F)(F)F)cc2)O1. The molecule has 2 rings (SSSR count). The van der Waals surface area contributed by atoms with Gasteiger partial charge in [-0.25, -0.2) is 0 Å². The summed E-state index contributed by atoms with van der Waals surface area (Å²) in [6.07, 6.45) is 2.18. The minimum atomic E-state index is -9.56. The van der Waals surface area contributed by atoms with Crippen molar-refractivity contribution in [3.05, 3.63) is 29.8 Å². The van der Waals surface area contributed by atoms with E-state index in [4.69, 9.17) is 4.74 Å². The molecular weight excluding hydrogens is 287 g/mol. The molecule has 1 aromatic carbocycles. The highest BCUT2D eigenvalue weighted by Gasteiger charge is 2.65. The maximum atomic E-state index is 12.5. The molecule has 110 valence electrons. The summed E-state index contributed by atoms with van der Waals surface area (Å²) in [6.45, 7) is 1.96. The fourth-order valence-electron chi connectivity index (χ4n) is 2.19. The first-order valence-corrected chi connectivity index (χ1v) is 7.94. The molecule has 0 aromatic heterocycles. The molecule has 0 spiro atoms. The van der Waals surface area contributed by atoms with Crippen molar-refractivity contribution < 1.29 is 24.2 Å². The first-order chi connectivity index (χ1) is 8.49. The van der Waals surface area contributed by atoms with Gasteiger partial charge < -0.3 is 4.74 Å². The largest absolute Gasteiger partial charge is 0.370 e. The van der Waals surface area contributed by atoms with E-state index in [1.807, 2.05) is 6.92 Å². The Morgan fingerprint density at radius 2 is 1.63 bits per heavy atom. The Morgan fingerprint density at radius 3 is 2.05 bits per heavy atom. The van der Waals surface area contributed by atoms with E-state index in [1.165, 1.54) is 0 Å². The van der Waals surface area contributed by atoms with Gasteiger partial charge in [-0.2, -0.15) is 0 Å². The summed E-state index contributed by atoms with van der Waals surface area (Å²) in [5.41, 5.74) is 0.515. The average Bonchev–Trinajstić information content (AvgIpc) is 2.75. The highest BCUT2D eigenvalue weighted by molar-refractivity contribution is 8.45. The van der Waals surface area contributed by atoms with Crippen LogP contribution in [0, 0.1) is 0 Å². The Labute approximate surface area is 108 Å². The van der Waals surface area contributed by atoms with Gasteiger partial charge in [0.15, 0.2) is 0 Å². The van der Waals surface area contributed by atoms with Gasteiger partial charge >= 0.3 is 10.2 Å². The third-order valence-electron chi connectivity index (χ3n) is 3.26. The number of rotatable bonds is 3. The molecule has 0 radical (unpaired) electrons. The summed E-state index contributed by atoms with van der Waals surface area (Å²) >= 11 is 0. The third kappa shape index (κ3) is 3.39. The molecule has 0 unspecified atom stereocenters. The molecule has 1 saturated heterocycles. The Balaban J connectivity index is 2.21. The molecule has 0 N–H and O–H groups in total. The molecule has 0 bridgehead atoms. The maximum Gasteiger partial charge on any atom is 0.310 e. The standard InChI is InChI=1S/C12H15F5OS/c1-2-10-5-8-12(18-10)9-3-6-11(7-4-9)19(13,14,15,16)17/h3-4,6-7,10,12H,2,5,8H2,1H3/t10-,12-/m1/s1. The highest BCUT2D eigenvalue weighted by atomic mass is 32.5. The van der Waals surface area contributed by atoms with Crippen LogP contribution in [0.5, 0.6) is 0 Å². The molecule has 2 atom stereocenters. The monoisotopic (exact) mass is 302 g/mol. The lowest BCUT2D eigenvalue weighted by Crippen LogP contribution is -2.07. The Hall–Kier alpha value is -0.820. The summed E-state index contributed by atoms with van der Waals surface area (Å²) < 4.78 is 68.3. The van der Waals surface area contributed by atoms with Crippen molar-refractivity contribution in [3.8, 4) is 0 Å². The fourth-order valence-corrected chi connectivity index (χ4v) is 2.84. The van der Waals surface area contributed by atoms with Crippen LogP contribution in [0.25, 0.3) is 0 Å². The van der Waals surface area contributed by atoms with Crippen molar-refractivity contribution in [2.45, 2.75) is 43.3 Å². The van der Waals surface area contributed by atoms with Crippen LogP contribution < -0.4 is 0 Å². The van der Waals surface area contributed by atoms with Crippen molar-refractivity contribution in [2.75, 3.05) is 0 Å². The molecular formula is C12H15F5OS. The van der Waals surface area contributed by atoms with E-state index in [1.54, 1.807) is 0 Å². The predicted octanol–water partition coefficient (Wildman–Crippen LogP) is 5.97. The smallest absolute Gasteiger partial charge is 0.310 e. The highest BCUT2D eigenvalue weighted by Crippen LogP contribution is 3.02. The second kappa shape index (κ2) is 3.85. The van der Waals surface area contributed by atoms with Gasteiger partial charge in [-0.15, -0.1) is 0 Å². The Bertz CT molecular complexity index is 467. The first-order valence-electron chi connectivity index (χ1n) is 5.99. The molecule has 1 nitrogen and oxygen atoms in total. The van der Waals surface area contributed by atoms with Crippen LogP contribution >= 0.6 is 10.2 Å². The van der Waals surface area contributed by atoms with Gasteiger partial charge in [-0.1, -0.05) is 38.5 Å². The molecule has 1 aromatic rings. The van der Waals surface area contributed by atoms with E-state index in [2.05, 4.69) is 0 Å². The van der Waals surface area contributed by atoms with Crippen LogP contribution in [0.1, 0.15) is 37.9 Å². The van der Waals surface area contributed by atoms with Crippen molar-refractivity contribution >= 4 is 10.2 Å². The molecule has 0 aliphatic carbocycles. The van der Waals surface area contributed by atoms with E-state index in [-0.39, 0.29) is 12.2 Å². The maximum absolute atomic E-state index is 12.5.